The summed E-state index contributed by atoms with van der Waals surface area (Å²) in [7, 11) is 0. The smallest absolute Gasteiger partial charge is 0.229 e. The molecule has 112 valence electrons. The van der Waals surface area contributed by atoms with Crippen molar-refractivity contribution in [3.05, 3.63) is 48.0 Å². The van der Waals surface area contributed by atoms with E-state index in [1.807, 2.05) is 13.0 Å². The molecule has 1 heterocycles. The molecule has 0 saturated carbocycles. The molecule has 0 aliphatic rings. The van der Waals surface area contributed by atoms with Crippen molar-refractivity contribution >= 4 is 11.6 Å². The lowest BCUT2D eigenvalue weighted by Crippen LogP contribution is -2.23. The summed E-state index contributed by atoms with van der Waals surface area (Å²) in [5, 5.41) is 3.31. The van der Waals surface area contributed by atoms with Gasteiger partial charge in [-0.1, -0.05) is 26.0 Å². The molecule has 0 aliphatic heterocycles. The number of hydrogen-bond acceptors (Lipinski definition) is 4. The van der Waals surface area contributed by atoms with Crippen LogP contribution in [0.15, 0.2) is 36.7 Å². The molecule has 2 rings (SSSR count). The average Bonchev–Trinajstić information content (AvgIpc) is 2.49. The molecule has 1 aromatic carbocycles. The van der Waals surface area contributed by atoms with Crippen LogP contribution in [0.2, 0.25) is 0 Å². The van der Waals surface area contributed by atoms with Gasteiger partial charge in [-0.05, 0) is 19.1 Å². The van der Waals surface area contributed by atoms with Crippen LogP contribution in [0.5, 0.6) is 0 Å². The molecule has 2 aromatic rings. The van der Waals surface area contributed by atoms with Crippen LogP contribution in [0.25, 0.3) is 0 Å². The Morgan fingerprint density at radius 1 is 1.19 bits per heavy atom. The van der Waals surface area contributed by atoms with Crippen LogP contribution >= 0.6 is 0 Å². The largest absolute Gasteiger partial charge is 0.310 e. The third kappa shape index (κ3) is 3.98. The van der Waals surface area contributed by atoms with Crippen molar-refractivity contribution in [1.82, 2.24) is 15.3 Å². The highest BCUT2D eigenvalue weighted by Gasteiger charge is 2.13. The zero-order chi connectivity index (χ0) is 15.2. The fourth-order valence-corrected chi connectivity index (χ4v) is 1.99. The van der Waals surface area contributed by atoms with E-state index in [9.17, 15) is 4.39 Å². The molecule has 0 saturated heterocycles. The number of hydrogen-bond donors (Lipinski definition) is 1. The molecule has 21 heavy (non-hydrogen) atoms. The molecule has 4 nitrogen and oxygen atoms in total. The predicted molar refractivity (Wildman–Crippen MR) is 83.1 cm³/mol. The molecule has 0 bridgehead atoms. The Kier molecular flexibility index (Phi) is 5.22. The first-order valence-electron chi connectivity index (χ1n) is 7.18. The normalized spacial score (nSPS) is 10.9. The van der Waals surface area contributed by atoms with Crippen LogP contribution in [0, 0.1) is 5.82 Å². The van der Waals surface area contributed by atoms with Crippen LogP contribution < -0.4 is 10.2 Å². The van der Waals surface area contributed by atoms with E-state index in [0.29, 0.717) is 24.2 Å². The first kappa shape index (κ1) is 15.4. The van der Waals surface area contributed by atoms with Crippen molar-refractivity contribution < 1.29 is 4.39 Å². The van der Waals surface area contributed by atoms with E-state index in [-0.39, 0.29) is 5.82 Å². The highest BCUT2D eigenvalue weighted by Crippen LogP contribution is 2.24. The SMILES string of the molecule is CCN(c1ncc(CNC(C)C)cn1)c1ccccc1F. The molecule has 1 aromatic heterocycles. The summed E-state index contributed by atoms with van der Waals surface area (Å²) >= 11 is 0. The number of anilines is 2. The molecule has 5 heteroatoms. The molecule has 1 N–H and O–H groups in total. The highest BCUT2D eigenvalue weighted by molar-refractivity contribution is 5.57. The van der Waals surface area contributed by atoms with Gasteiger partial charge in [-0.3, -0.25) is 0 Å². The number of rotatable bonds is 6. The first-order chi connectivity index (χ1) is 10.1. The molecule has 0 atom stereocenters. The predicted octanol–water partition coefficient (Wildman–Crippen LogP) is 3.27. The van der Waals surface area contributed by atoms with E-state index in [4.69, 9.17) is 0 Å². The van der Waals surface area contributed by atoms with Gasteiger partial charge in [0.25, 0.3) is 0 Å². The number of benzene rings is 1. The minimum absolute atomic E-state index is 0.270. The van der Waals surface area contributed by atoms with Gasteiger partial charge >= 0.3 is 0 Å². The quantitative estimate of drug-likeness (QED) is 0.885. The van der Waals surface area contributed by atoms with Gasteiger partial charge in [0.15, 0.2) is 0 Å². The monoisotopic (exact) mass is 288 g/mol. The lowest BCUT2D eigenvalue weighted by atomic mass is 10.2. The third-order valence-electron chi connectivity index (χ3n) is 3.11. The summed E-state index contributed by atoms with van der Waals surface area (Å²) in [6.07, 6.45) is 3.56. The second kappa shape index (κ2) is 7.13. The topological polar surface area (TPSA) is 41.1 Å². The summed E-state index contributed by atoms with van der Waals surface area (Å²) in [5.41, 5.74) is 1.50. The van der Waals surface area contributed by atoms with E-state index in [1.54, 1.807) is 29.4 Å². The molecular formula is C16H21FN4. The molecule has 0 aliphatic carbocycles. The Labute approximate surface area is 125 Å². The van der Waals surface area contributed by atoms with E-state index in [2.05, 4.69) is 29.1 Å². The van der Waals surface area contributed by atoms with E-state index < -0.39 is 0 Å². The number of halogens is 1. The zero-order valence-electron chi connectivity index (χ0n) is 12.7. The van der Waals surface area contributed by atoms with Crippen molar-refractivity contribution in [2.75, 3.05) is 11.4 Å². The summed E-state index contributed by atoms with van der Waals surface area (Å²) < 4.78 is 13.9. The first-order valence-corrected chi connectivity index (χ1v) is 7.18. The van der Waals surface area contributed by atoms with Gasteiger partial charge in [-0.15, -0.1) is 0 Å². The minimum atomic E-state index is -0.270. The molecule has 0 unspecified atom stereocenters. The van der Waals surface area contributed by atoms with Crippen molar-refractivity contribution in [3.8, 4) is 0 Å². The Morgan fingerprint density at radius 2 is 1.86 bits per heavy atom. The van der Waals surface area contributed by atoms with Crippen molar-refractivity contribution in [2.45, 2.75) is 33.4 Å². The van der Waals surface area contributed by atoms with Crippen LogP contribution in [-0.4, -0.2) is 22.6 Å². The van der Waals surface area contributed by atoms with Gasteiger partial charge in [0.05, 0.1) is 5.69 Å². The lowest BCUT2D eigenvalue weighted by Gasteiger charge is -2.21. The second-order valence-electron chi connectivity index (χ2n) is 5.12. The fraction of sp³-hybridized carbons (Fsp3) is 0.375. The maximum Gasteiger partial charge on any atom is 0.229 e. The van der Waals surface area contributed by atoms with Crippen molar-refractivity contribution in [3.63, 3.8) is 0 Å². The molecule has 0 amide bonds. The van der Waals surface area contributed by atoms with Gasteiger partial charge in [-0.25, -0.2) is 14.4 Å². The number of para-hydroxylation sites is 1. The summed E-state index contributed by atoms with van der Waals surface area (Å²) in [6.45, 7) is 7.46. The van der Waals surface area contributed by atoms with E-state index in [0.717, 1.165) is 12.1 Å². The zero-order valence-corrected chi connectivity index (χ0v) is 12.7. The Balaban J connectivity index is 2.18. The maximum absolute atomic E-state index is 13.9. The highest BCUT2D eigenvalue weighted by atomic mass is 19.1. The third-order valence-corrected chi connectivity index (χ3v) is 3.11. The number of aromatic nitrogens is 2. The van der Waals surface area contributed by atoms with E-state index in [1.165, 1.54) is 6.07 Å². The molecule has 0 radical (unpaired) electrons. The Bertz CT molecular complexity index is 569. The molecule has 0 fully saturated rings. The van der Waals surface area contributed by atoms with E-state index >= 15 is 0 Å². The lowest BCUT2D eigenvalue weighted by molar-refractivity contribution is 0.586. The molecule has 0 spiro atoms. The van der Waals surface area contributed by atoms with Gasteiger partial charge in [0.2, 0.25) is 5.95 Å². The summed E-state index contributed by atoms with van der Waals surface area (Å²) in [4.78, 5) is 10.5. The Hall–Kier alpha value is -2.01. The minimum Gasteiger partial charge on any atom is -0.310 e. The average molecular weight is 288 g/mol. The summed E-state index contributed by atoms with van der Waals surface area (Å²) in [6, 6.07) is 7.07. The van der Waals surface area contributed by atoms with Gasteiger partial charge < -0.3 is 10.2 Å². The van der Waals surface area contributed by atoms with Crippen LogP contribution in [0.4, 0.5) is 16.0 Å². The molecular weight excluding hydrogens is 267 g/mol. The van der Waals surface area contributed by atoms with Crippen LogP contribution in [-0.2, 0) is 6.54 Å². The fourth-order valence-electron chi connectivity index (χ4n) is 1.99. The van der Waals surface area contributed by atoms with Crippen LogP contribution in [0.3, 0.4) is 0 Å². The van der Waals surface area contributed by atoms with Crippen molar-refractivity contribution in [2.24, 2.45) is 0 Å². The second-order valence-corrected chi connectivity index (χ2v) is 5.12. The Morgan fingerprint density at radius 3 is 2.43 bits per heavy atom. The standard InChI is InChI=1S/C16H21FN4/c1-4-21(15-8-6-5-7-14(15)17)16-19-10-13(11-20-16)9-18-12(2)3/h5-8,10-12,18H,4,9H2,1-3H3. The van der Waals surface area contributed by atoms with Gasteiger partial charge in [0.1, 0.15) is 5.82 Å². The number of nitrogens with one attached hydrogen (secondary N) is 1. The van der Waals surface area contributed by atoms with Gasteiger partial charge in [-0.2, -0.15) is 0 Å². The summed E-state index contributed by atoms with van der Waals surface area (Å²) in [5.74, 6) is 0.240. The number of nitrogens with zero attached hydrogens (tertiary/aromatic N) is 3. The van der Waals surface area contributed by atoms with Gasteiger partial charge in [0, 0.05) is 37.1 Å². The van der Waals surface area contributed by atoms with Crippen molar-refractivity contribution in [1.29, 1.82) is 0 Å². The maximum atomic E-state index is 13.9. The van der Waals surface area contributed by atoms with Crippen LogP contribution in [0.1, 0.15) is 26.3 Å².